The summed E-state index contributed by atoms with van der Waals surface area (Å²) in [4.78, 5) is 0. The van der Waals surface area contributed by atoms with Crippen molar-refractivity contribution in [2.45, 2.75) is 38.5 Å². The van der Waals surface area contributed by atoms with Gasteiger partial charge in [0.25, 0.3) is 0 Å². The second-order valence-corrected chi connectivity index (χ2v) is 8.37. The average Bonchev–Trinajstić information content (AvgIpc) is 3.35. The standard InChI is InChI=1S/C28H30O2/c1-3-29-17-21-13-12-19-8-7-11-22(28(19)21)20-14-15-25-26(16-20)23-9-5-6-10-24(23)27(25)18-30-4-2/h5-11,14-16,21,27H,3-4,12-13,17-18H2,1-2H3. The molecule has 0 amide bonds. The fraction of sp³-hybridized carbons (Fsp3) is 0.357. The Balaban J connectivity index is 1.58. The van der Waals surface area contributed by atoms with E-state index in [4.69, 9.17) is 9.47 Å². The molecule has 3 aromatic carbocycles. The Hall–Kier alpha value is -2.42. The molecule has 2 nitrogen and oxygen atoms in total. The van der Waals surface area contributed by atoms with Crippen LogP contribution in [-0.4, -0.2) is 26.4 Å². The normalized spacial score (nSPS) is 18.9. The maximum Gasteiger partial charge on any atom is 0.0575 e. The zero-order chi connectivity index (χ0) is 20.5. The molecule has 5 rings (SSSR count). The molecule has 0 heterocycles. The van der Waals surface area contributed by atoms with Gasteiger partial charge in [0.1, 0.15) is 0 Å². The van der Waals surface area contributed by atoms with E-state index < -0.39 is 0 Å². The van der Waals surface area contributed by atoms with Gasteiger partial charge >= 0.3 is 0 Å². The number of aryl methyl sites for hydroxylation is 1. The Morgan fingerprint density at radius 2 is 1.53 bits per heavy atom. The third-order valence-electron chi connectivity index (χ3n) is 6.74. The largest absolute Gasteiger partial charge is 0.381 e. The molecule has 0 fully saturated rings. The van der Waals surface area contributed by atoms with Crippen molar-refractivity contribution in [1.82, 2.24) is 0 Å². The predicted octanol–water partition coefficient (Wildman–Crippen LogP) is 6.57. The Bertz CT molecular complexity index is 1050. The molecule has 0 N–H and O–H groups in total. The molecule has 0 saturated heterocycles. The molecule has 0 spiro atoms. The molecule has 30 heavy (non-hydrogen) atoms. The number of rotatable bonds is 7. The van der Waals surface area contributed by atoms with Crippen LogP contribution < -0.4 is 0 Å². The zero-order valence-corrected chi connectivity index (χ0v) is 18.0. The van der Waals surface area contributed by atoms with Gasteiger partial charge in [-0.15, -0.1) is 0 Å². The quantitative estimate of drug-likeness (QED) is 0.448. The molecule has 0 aliphatic heterocycles. The molecule has 2 unspecified atom stereocenters. The lowest BCUT2D eigenvalue weighted by molar-refractivity contribution is 0.132. The van der Waals surface area contributed by atoms with Gasteiger partial charge in [-0.2, -0.15) is 0 Å². The molecule has 0 saturated carbocycles. The fourth-order valence-electron chi connectivity index (χ4n) is 5.36. The van der Waals surface area contributed by atoms with E-state index in [9.17, 15) is 0 Å². The highest BCUT2D eigenvalue weighted by atomic mass is 16.5. The summed E-state index contributed by atoms with van der Waals surface area (Å²) < 4.78 is 11.7. The van der Waals surface area contributed by atoms with Gasteiger partial charge < -0.3 is 9.47 Å². The van der Waals surface area contributed by atoms with Gasteiger partial charge in [-0.3, -0.25) is 0 Å². The van der Waals surface area contributed by atoms with Crippen molar-refractivity contribution in [2.75, 3.05) is 26.4 Å². The summed E-state index contributed by atoms with van der Waals surface area (Å²) in [6.07, 6.45) is 2.35. The number of hydrogen-bond acceptors (Lipinski definition) is 2. The van der Waals surface area contributed by atoms with Gasteiger partial charge in [-0.05, 0) is 77.3 Å². The van der Waals surface area contributed by atoms with Crippen molar-refractivity contribution in [3.8, 4) is 22.3 Å². The number of fused-ring (bicyclic) bond motifs is 4. The first-order valence-corrected chi connectivity index (χ1v) is 11.3. The minimum Gasteiger partial charge on any atom is -0.381 e. The van der Waals surface area contributed by atoms with E-state index in [0.29, 0.717) is 11.8 Å². The Labute approximate surface area is 179 Å². The monoisotopic (exact) mass is 398 g/mol. The van der Waals surface area contributed by atoms with Crippen molar-refractivity contribution in [3.05, 3.63) is 82.9 Å². The van der Waals surface area contributed by atoms with Crippen LogP contribution in [0.1, 0.15) is 54.4 Å². The molecule has 0 bridgehead atoms. The molecule has 2 atom stereocenters. The summed E-state index contributed by atoms with van der Waals surface area (Å²) >= 11 is 0. The zero-order valence-electron chi connectivity index (χ0n) is 18.0. The minimum absolute atomic E-state index is 0.331. The summed E-state index contributed by atoms with van der Waals surface area (Å²) in [5.41, 5.74) is 11.2. The summed E-state index contributed by atoms with van der Waals surface area (Å²) in [6, 6.07) is 22.7. The fourth-order valence-corrected chi connectivity index (χ4v) is 5.36. The lowest BCUT2D eigenvalue weighted by Gasteiger charge is -2.18. The first kappa shape index (κ1) is 19.5. The Morgan fingerprint density at radius 3 is 2.40 bits per heavy atom. The third kappa shape index (κ3) is 3.29. The van der Waals surface area contributed by atoms with Crippen LogP contribution in [0.4, 0.5) is 0 Å². The van der Waals surface area contributed by atoms with Crippen LogP contribution in [0.5, 0.6) is 0 Å². The van der Waals surface area contributed by atoms with E-state index in [0.717, 1.165) is 32.8 Å². The van der Waals surface area contributed by atoms with Crippen molar-refractivity contribution >= 4 is 0 Å². The highest BCUT2D eigenvalue weighted by Gasteiger charge is 2.30. The summed E-state index contributed by atoms with van der Waals surface area (Å²) in [5.74, 6) is 0.833. The van der Waals surface area contributed by atoms with Crippen LogP contribution in [0.15, 0.2) is 60.7 Å². The highest BCUT2D eigenvalue weighted by molar-refractivity contribution is 5.84. The lowest BCUT2D eigenvalue weighted by Crippen LogP contribution is -2.07. The molecule has 2 aliphatic carbocycles. The van der Waals surface area contributed by atoms with Crippen molar-refractivity contribution in [3.63, 3.8) is 0 Å². The molecule has 154 valence electrons. The van der Waals surface area contributed by atoms with Crippen LogP contribution in [0.25, 0.3) is 22.3 Å². The van der Waals surface area contributed by atoms with Gasteiger partial charge in [0.15, 0.2) is 0 Å². The molecule has 2 aliphatic rings. The van der Waals surface area contributed by atoms with E-state index in [2.05, 4.69) is 74.5 Å². The molecular weight excluding hydrogens is 368 g/mol. The number of ether oxygens (including phenoxy) is 2. The van der Waals surface area contributed by atoms with Crippen molar-refractivity contribution < 1.29 is 9.47 Å². The first-order valence-electron chi connectivity index (χ1n) is 11.3. The Kier molecular flexibility index (Phi) is 5.45. The van der Waals surface area contributed by atoms with E-state index in [1.807, 2.05) is 0 Å². The van der Waals surface area contributed by atoms with E-state index in [1.165, 1.54) is 50.9 Å². The van der Waals surface area contributed by atoms with Gasteiger partial charge in [0.2, 0.25) is 0 Å². The summed E-state index contributed by atoms with van der Waals surface area (Å²) in [5, 5.41) is 0. The Morgan fingerprint density at radius 1 is 0.767 bits per heavy atom. The lowest BCUT2D eigenvalue weighted by atomic mass is 9.89. The van der Waals surface area contributed by atoms with E-state index in [1.54, 1.807) is 0 Å². The van der Waals surface area contributed by atoms with Gasteiger partial charge in [0.05, 0.1) is 13.2 Å². The SMILES string of the molecule is CCOCC1CCc2cccc(-c3ccc4c(c3)-c3ccccc3C4COCC)c21. The van der Waals surface area contributed by atoms with E-state index >= 15 is 0 Å². The second kappa shape index (κ2) is 8.37. The maximum absolute atomic E-state index is 5.84. The number of hydrogen-bond donors (Lipinski definition) is 0. The van der Waals surface area contributed by atoms with Crippen molar-refractivity contribution in [2.24, 2.45) is 0 Å². The molecule has 0 aromatic heterocycles. The molecule has 2 heteroatoms. The van der Waals surface area contributed by atoms with E-state index in [-0.39, 0.29) is 0 Å². The summed E-state index contributed by atoms with van der Waals surface area (Å²) in [7, 11) is 0. The molecule has 0 radical (unpaired) electrons. The predicted molar refractivity (Wildman–Crippen MR) is 123 cm³/mol. The highest BCUT2D eigenvalue weighted by Crippen LogP contribution is 2.47. The molecule has 3 aromatic rings. The topological polar surface area (TPSA) is 18.5 Å². The minimum atomic E-state index is 0.331. The third-order valence-corrected chi connectivity index (χ3v) is 6.74. The average molecular weight is 399 g/mol. The second-order valence-electron chi connectivity index (χ2n) is 8.37. The van der Waals surface area contributed by atoms with Crippen LogP contribution in [0, 0.1) is 0 Å². The van der Waals surface area contributed by atoms with Crippen LogP contribution in [0.2, 0.25) is 0 Å². The molecular formula is C28H30O2. The van der Waals surface area contributed by atoms with Gasteiger partial charge in [0, 0.05) is 25.0 Å². The van der Waals surface area contributed by atoms with Crippen LogP contribution >= 0.6 is 0 Å². The van der Waals surface area contributed by atoms with Gasteiger partial charge in [-0.1, -0.05) is 54.6 Å². The summed E-state index contributed by atoms with van der Waals surface area (Å²) in [6.45, 7) is 7.26. The maximum atomic E-state index is 5.84. The van der Waals surface area contributed by atoms with Crippen molar-refractivity contribution in [1.29, 1.82) is 0 Å². The van der Waals surface area contributed by atoms with Crippen LogP contribution in [-0.2, 0) is 15.9 Å². The number of benzene rings is 3. The van der Waals surface area contributed by atoms with Crippen LogP contribution in [0.3, 0.4) is 0 Å². The smallest absolute Gasteiger partial charge is 0.0575 e. The van der Waals surface area contributed by atoms with Gasteiger partial charge in [-0.25, -0.2) is 0 Å². The first-order chi connectivity index (χ1) is 14.8.